The van der Waals surface area contributed by atoms with Crippen molar-refractivity contribution in [2.75, 3.05) is 13.2 Å². The second-order valence-corrected chi connectivity index (χ2v) is 5.53. The van der Waals surface area contributed by atoms with Gasteiger partial charge in [-0.15, -0.1) is 10.2 Å². The Morgan fingerprint density at radius 3 is 2.91 bits per heavy atom. The van der Waals surface area contributed by atoms with Crippen molar-refractivity contribution in [3.05, 3.63) is 34.5 Å². The molecule has 23 heavy (non-hydrogen) atoms. The molecule has 0 saturated heterocycles. The molecule has 122 valence electrons. The minimum atomic E-state index is -0.211. The van der Waals surface area contributed by atoms with Gasteiger partial charge in [0.1, 0.15) is 6.42 Å². The van der Waals surface area contributed by atoms with Gasteiger partial charge in [0.2, 0.25) is 17.7 Å². The summed E-state index contributed by atoms with van der Waals surface area (Å²) >= 11 is 6.22. The summed E-state index contributed by atoms with van der Waals surface area (Å²) in [6.07, 6.45) is 0.847. The molecule has 2 aromatic rings. The predicted molar refractivity (Wildman–Crippen MR) is 81.6 cm³/mol. The third-order valence-electron chi connectivity index (χ3n) is 3.23. The first-order valence-electron chi connectivity index (χ1n) is 7.25. The van der Waals surface area contributed by atoms with E-state index in [1.807, 2.05) is 6.07 Å². The van der Waals surface area contributed by atoms with Crippen LogP contribution in [0, 0.1) is 6.92 Å². The smallest absolute Gasteiger partial charge is 0.229 e. The average Bonchev–Trinajstić information content (AvgIpc) is 2.78. The van der Waals surface area contributed by atoms with Gasteiger partial charge in [0, 0.05) is 19.9 Å². The van der Waals surface area contributed by atoms with Crippen LogP contribution in [0.5, 0.6) is 11.5 Å². The van der Waals surface area contributed by atoms with E-state index in [0.29, 0.717) is 42.2 Å². The summed E-state index contributed by atoms with van der Waals surface area (Å²) in [5.41, 5.74) is 0.828. The monoisotopic (exact) mass is 337 g/mol. The molecule has 0 radical (unpaired) electrons. The van der Waals surface area contributed by atoms with E-state index in [0.717, 1.165) is 12.0 Å². The Morgan fingerprint density at radius 2 is 2.13 bits per heavy atom. The van der Waals surface area contributed by atoms with Gasteiger partial charge in [0.05, 0.1) is 18.2 Å². The SMILES string of the molecule is Cc1nnc(CC(=O)NCc2cc(Cl)c3c(c2)OCCCO3)o1. The van der Waals surface area contributed by atoms with Crippen molar-refractivity contribution in [1.29, 1.82) is 0 Å². The van der Waals surface area contributed by atoms with Gasteiger partial charge in [-0.05, 0) is 17.7 Å². The Balaban J connectivity index is 1.62. The van der Waals surface area contributed by atoms with Crippen LogP contribution in [0.2, 0.25) is 5.02 Å². The standard InChI is InChI=1S/C15H16ClN3O4/c1-9-18-19-14(23-9)7-13(20)17-8-10-5-11(16)15-12(6-10)21-3-2-4-22-15/h5-6H,2-4,7-8H2,1H3,(H,17,20). The molecule has 0 unspecified atom stereocenters. The van der Waals surface area contributed by atoms with Crippen molar-refractivity contribution in [2.24, 2.45) is 0 Å². The maximum absolute atomic E-state index is 11.9. The maximum Gasteiger partial charge on any atom is 0.229 e. The highest BCUT2D eigenvalue weighted by Gasteiger charge is 2.16. The first-order valence-corrected chi connectivity index (χ1v) is 7.63. The lowest BCUT2D eigenvalue weighted by Crippen LogP contribution is -2.24. The van der Waals surface area contributed by atoms with Crippen molar-refractivity contribution in [3.8, 4) is 11.5 Å². The molecule has 2 heterocycles. The maximum atomic E-state index is 11.9. The van der Waals surface area contributed by atoms with Crippen LogP contribution in [0.25, 0.3) is 0 Å². The van der Waals surface area contributed by atoms with Gasteiger partial charge in [-0.1, -0.05) is 11.6 Å². The molecule has 0 fully saturated rings. The predicted octanol–water partition coefficient (Wildman–Crippen LogP) is 2.05. The Labute approximate surface area is 137 Å². The number of nitrogens with zero attached hydrogens (tertiary/aromatic N) is 2. The van der Waals surface area contributed by atoms with Crippen LogP contribution in [0.4, 0.5) is 0 Å². The van der Waals surface area contributed by atoms with Gasteiger partial charge in [-0.3, -0.25) is 4.79 Å². The highest BCUT2D eigenvalue weighted by atomic mass is 35.5. The van der Waals surface area contributed by atoms with Gasteiger partial charge in [0.15, 0.2) is 11.5 Å². The van der Waals surface area contributed by atoms with Crippen LogP contribution in [0.15, 0.2) is 16.5 Å². The Hall–Kier alpha value is -2.28. The number of ether oxygens (including phenoxy) is 2. The summed E-state index contributed by atoms with van der Waals surface area (Å²) in [6.45, 7) is 3.15. The van der Waals surface area contributed by atoms with Crippen LogP contribution in [0.1, 0.15) is 23.8 Å². The van der Waals surface area contributed by atoms with E-state index >= 15 is 0 Å². The third kappa shape index (κ3) is 3.92. The summed E-state index contributed by atoms with van der Waals surface area (Å²) in [5.74, 6) is 1.67. The van der Waals surface area contributed by atoms with Crippen molar-refractivity contribution >= 4 is 17.5 Å². The number of rotatable bonds is 4. The molecule has 1 amide bonds. The molecule has 1 aromatic carbocycles. The topological polar surface area (TPSA) is 86.5 Å². The second-order valence-electron chi connectivity index (χ2n) is 5.12. The van der Waals surface area contributed by atoms with E-state index in [1.54, 1.807) is 13.0 Å². The molecule has 0 saturated carbocycles. The summed E-state index contributed by atoms with van der Waals surface area (Å²) in [7, 11) is 0. The van der Waals surface area contributed by atoms with Gasteiger partial charge in [-0.2, -0.15) is 0 Å². The molecule has 1 N–H and O–H groups in total. The molecule has 0 bridgehead atoms. The van der Waals surface area contributed by atoms with E-state index in [-0.39, 0.29) is 18.2 Å². The average molecular weight is 338 g/mol. The summed E-state index contributed by atoms with van der Waals surface area (Å²) < 4.78 is 16.4. The largest absolute Gasteiger partial charge is 0.489 e. The van der Waals surface area contributed by atoms with E-state index in [2.05, 4.69) is 15.5 Å². The number of hydrogen-bond donors (Lipinski definition) is 1. The molecule has 3 rings (SSSR count). The molecule has 7 nitrogen and oxygen atoms in total. The molecule has 0 spiro atoms. The number of aryl methyl sites for hydroxylation is 1. The lowest BCUT2D eigenvalue weighted by atomic mass is 10.2. The first kappa shape index (κ1) is 15.6. The number of carbonyl (C=O) groups is 1. The van der Waals surface area contributed by atoms with Gasteiger partial charge >= 0.3 is 0 Å². The lowest BCUT2D eigenvalue weighted by molar-refractivity contribution is -0.120. The highest BCUT2D eigenvalue weighted by Crippen LogP contribution is 2.37. The number of nitrogens with one attached hydrogen (secondary N) is 1. The molecule has 1 aromatic heterocycles. The van der Waals surface area contributed by atoms with Crippen molar-refractivity contribution in [2.45, 2.75) is 26.3 Å². The van der Waals surface area contributed by atoms with Gasteiger partial charge in [-0.25, -0.2) is 0 Å². The fraction of sp³-hybridized carbons (Fsp3) is 0.400. The minimum absolute atomic E-state index is 0.0408. The van der Waals surface area contributed by atoms with Gasteiger partial charge < -0.3 is 19.2 Å². The number of benzene rings is 1. The molecule has 8 heteroatoms. The molecule has 0 atom stereocenters. The molecule has 1 aliphatic heterocycles. The number of carbonyl (C=O) groups excluding carboxylic acids is 1. The quantitative estimate of drug-likeness (QED) is 0.919. The number of hydrogen-bond acceptors (Lipinski definition) is 6. The number of amides is 1. The molecular weight excluding hydrogens is 322 g/mol. The van der Waals surface area contributed by atoms with Crippen molar-refractivity contribution in [3.63, 3.8) is 0 Å². The second kappa shape index (κ2) is 6.87. The minimum Gasteiger partial charge on any atom is -0.489 e. The third-order valence-corrected chi connectivity index (χ3v) is 3.51. The van der Waals surface area contributed by atoms with E-state index in [1.165, 1.54) is 0 Å². The van der Waals surface area contributed by atoms with Crippen LogP contribution in [-0.4, -0.2) is 29.3 Å². The molecule has 1 aliphatic rings. The fourth-order valence-corrected chi connectivity index (χ4v) is 2.48. The first-order chi connectivity index (χ1) is 11.1. The Morgan fingerprint density at radius 1 is 1.30 bits per heavy atom. The van der Waals surface area contributed by atoms with Crippen LogP contribution in [-0.2, 0) is 17.8 Å². The number of halogens is 1. The zero-order chi connectivity index (χ0) is 16.2. The summed E-state index contributed by atoms with van der Waals surface area (Å²) in [6, 6.07) is 3.58. The lowest BCUT2D eigenvalue weighted by Gasteiger charge is -2.12. The molecule has 0 aliphatic carbocycles. The van der Waals surface area contributed by atoms with Gasteiger partial charge in [0.25, 0.3) is 0 Å². The summed E-state index contributed by atoms with van der Waals surface area (Å²) in [5, 5.41) is 10.7. The van der Waals surface area contributed by atoms with Crippen LogP contribution < -0.4 is 14.8 Å². The Bertz CT molecular complexity index is 717. The zero-order valence-corrected chi connectivity index (χ0v) is 13.4. The molecular formula is C15H16ClN3O4. The number of fused-ring (bicyclic) bond motifs is 1. The van der Waals surface area contributed by atoms with E-state index < -0.39 is 0 Å². The normalized spacial score (nSPS) is 13.5. The van der Waals surface area contributed by atoms with Crippen LogP contribution in [0.3, 0.4) is 0 Å². The fourth-order valence-electron chi connectivity index (χ4n) is 2.20. The van der Waals surface area contributed by atoms with E-state index in [4.69, 9.17) is 25.5 Å². The van der Waals surface area contributed by atoms with E-state index in [9.17, 15) is 4.79 Å². The zero-order valence-electron chi connectivity index (χ0n) is 12.6. The van der Waals surface area contributed by atoms with Crippen LogP contribution >= 0.6 is 11.6 Å². The Kier molecular flexibility index (Phi) is 4.66. The highest BCUT2D eigenvalue weighted by molar-refractivity contribution is 6.32. The summed E-state index contributed by atoms with van der Waals surface area (Å²) in [4.78, 5) is 11.9. The van der Waals surface area contributed by atoms with Crippen molar-refractivity contribution < 1.29 is 18.7 Å². The van der Waals surface area contributed by atoms with Crippen molar-refractivity contribution in [1.82, 2.24) is 15.5 Å². The number of aromatic nitrogens is 2.